The Morgan fingerprint density at radius 3 is 2.44 bits per heavy atom. The van der Waals surface area contributed by atoms with Crippen LogP contribution >= 0.6 is 11.6 Å². The minimum Gasteiger partial charge on any atom is -0.378 e. The van der Waals surface area contributed by atoms with Gasteiger partial charge in [0.2, 0.25) is 11.8 Å². The first-order valence-electron chi connectivity index (χ1n) is 8.80. The lowest BCUT2D eigenvalue weighted by Gasteiger charge is -2.31. The van der Waals surface area contributed by atoms with E-state index in [1.807, 2.05) is 24.3 Å². The van der Waals surface area contributed by atoms with Gasteiger partial charge in [-0.05, 0) is 35.9 Å². The number of morpholine rings is 1. The number of nitrogens with one attached hydrogen (secondary N) is 2. The zero-order valence-electron chi connectivity index (χ0n) is 15.1. The summed E-state index contributed by atoms with van der Waals surface area (Å²) in [5, 5.41) is 6.41. The first-order valence-corrected chi connectivity index (χ1v) is 9.18. The zero-order chi connectivity index (χ0) is 19.2. The molecule has 1 heterocycles. The minimum atomic E-state index is -0.137. The molecule has 0 aromatic heterocycles. The molecule has 1 aliphatic rings. The van der Waals surface area contributed by atoms with Crippen molar-refractivity contribution in [3.8, 4) is 0 Å². The van der Waals surface area contributed by atoms with E-state index >= 15 is 0 Å². The maximum absolute atomic E-state index is 12.5. The number of anilines is 3. The van der Waals surface area contributed by atoms with Gasteiger partial charge in [0.25, 0.3) is 0 Å². The topological polar surface area (TPSA) is 70.7 Å². The van der Waals surface area contributed by atoms with E-state index in [4.69, 9.17) is 16.3 Å². The van der Waals surface area contributed by atoms with Gasteiger partial charge in [-0.2, -0.15) is 0 Å². The van der Waals surface area contributed by atoms with Gasteiger partial charge in [-0.15, -0.1) is 0 Å². The smallest absolute Gasteiger partial charge is 0.228 e. The molecule has 2 N–H and O–H groups in total. The largest absolute Gasteiger partial charge is 0.378 e. The van der Waals surface area contributed by atoms with Crippen molar-refractivity contribution in [2.24, 2.45) is 0 Å². The Hall–Kier alpha value is -2.57. The van der Waals surface area contributed by atoms with Crippen LogP contribution in [0.5, 0.6) is 0 Å². The number of rotatable bonds is 5. The molecule has 0 bridgehead atoms. The highest BCUT2D eigenvalue weighted by molar-refractivity contribution is 6.30. The van der Waals surface area contributed by atoms with Crippen molar-refractivity contribution in [1.29, 1.82) is 0 Å². The molecular formula is C20H22ClN3O3. The molecule has 0 radical (unpaired) electrons. The number of carbonyl (C=O) groups is 2. The molecule has 0 atom stereocenters. The molecule has 6 nitrogen and oxygen atoms in total. The maximum Gasteiger partial charge on any atom is 0.228 e. The van der Waals surface area contributed by atoms with Crippen molar-refractivity contribution in [3.05, 3.63) is 53.1 Å². The first kappa shape index (κ1) is 19.2. The molecule has 2 amide bonds. The summed E-state index contributed by atoms with van der Waals surface area (Å²) in [6.45, 7) is 4.18. The minimum absolute atomic E-state index is 0.112. The van der Waals surface area contributed by atoms with Gasteiger partial charge >= 0.3 is 0 Å². The number of halogens is 1. The molecule has 0 aliphatic carbocycles. The molecular weight excluding hydrogens is 366 g/mol. The normalized spacial score (nSPS) is 13.9. The molecule has 0 saturated carbocycles. The van der Waals surface area contributed by atoms with Crippen LogP contribution in [0.15, 0.2) is 42.5 Å². The van der Waals surface area contributed by atoms with Gasteiger partial charge < -0.3 is 20.3 Å². The average Bonchev–Trinajstić information content (AvgIpc) is 2.65. The molecule has 0 spiro atoms. The third-order valence-electron chi connectivity index (χ3n) is 4.22. The highest BCUT2D eigenvalue weighted by Gasteiger charge is 2.17. The van der Waals surface area contributed by atoms with E-state index < -0.39 is 0 Å². The highest BCUT2D eigenvalue weighted by atomic mass is 35.5. The lowest BCUT2D eigenvalue weighted by atomic mass is 10.1. The quantitative estimate of drug-likeness (QED) is 0.825. The number of amides is 2. The summed E-state index contributed by atoms with van der Waals surface area (Å²) in [4.78, 5) is 26.0. The second kappa shape index (κ2) is 8.88. The zero-order valence-corrected chi connectivity index (χ0v) is 15.9. The van der Waals surface area contributed by atoms with Crippen LogP contribution in [-0.2, 0) is 20.7 Å². The van der Waals surface area contributed by atoms with Crippen molar-refractivity contribution in [2.75, 3.05) is 41.8 Å². The van der Waals surface area contributed by atoms with Crippen LogP contribution in [0.1, 0.15) is 12.5 Å². The van der Waals surface area contributed by atoms with Crippen LogP contribution in [-0.4, -0.2) is 38.1 Å². The summed E-state index contributed by atoms with van der Waals surface area (Å²) in [6.07, 6.45) is 0.257. The van der Waals surface area contributed by atoms with Gasteiger partial charge in [0.1, 0.15) is 0 Å². The SMILES string of the molecule is CC(=O)Nc1ccc(NC(=O)Cc2ccc(Cl)cc2)c(N2CCOCC2)c1. The van der Waals surface area contributed by atoms with Crippen LogP contribution in [0.2, 0.25) is 5.02 Å². The number of carbonyl (C=O) groups excluding carboxylic acids is 2. The summed E-state index contributed by atoms with van der Waals surface area (Å²) in [7, 11) is 0. The lowest BCUT2D eigenvalue weighted by Crippen LogP contribution is -2.37. The Balaban J connectivity index is 1.78. The predicted octanol–water partition coefficient (Wildman–Crippen LogP) is 3.32. The van der Waals surface area contributed by atoms with Gasteiger partial charge in [-0.3, -0.25) is 9.59 Å². The molecule has 7 heteroatoms. The summed E-state index contributed by atoms with van der Waals surface area (Å²) in [5.41, 5.74) is 3.17. The van der Waals surface area contributed by atoms with Crippen LogP contribution in [0.4, 0.5) is 17.1 Å². The second-order valence-electron chi connectivity index (χ2n) is 6.36. The average molecular weight is 388 g/mol. The summed E-state index contributed by atoms with van der Waals surface area (Å²) >= 11 is 5.89. The van der Waals surface area contributed by atoms with E-state index in [-0.39, 0.29) is 18.2 Å². The van der Waals surface area contributed by atoms with Gasteiger partial charge in [-0.1, -0.05) is 23.7 Å². The van der Waals surface area contributed by atoms with Crippen molar-refractivity contribution in [1.82, 2.24) is 0 Å². The lowest BCUT2D eigenvalue weighted by molar-refractivity contribution is -0.116. The number of ether oxygens (including phenoxy) is 1. The summed E-state index contributed by atoms with van der Waals surface area (Å²) < 4.78 is 5.42. The number of hydrogen-bond acceptors (Lipinski definition) is 4. The van der Waals surface area contributed by atoms with Gasteiger partial charge in [-0.25, -0.2) is 0 Å². The highest BCUT2D eigenvalue weighted by Crippen LogP contribution is 2.30. The van der Waals surface area contributed by atoms with Crippen LogP contribution < -0.4 is 15.5 Å². The third kappa shape index (κ3) is 5.45. The van der Waals surface area contributed by atoms with E-state index in [0.717, 1.165) is 24.3 Å². The molecule has 2 aromatic carbocycles. The van der Waals surface area contributed by atoms with E-state index in [1.165, 1.54) is 6.92 Å². The van der Waals surface area contributed by atoms with Crippen molar-refractivity contribution >= 4 is 40.5 Å². The predicted molar refractivity (Wildman–Crippen MR) is 108 cm³/mol. The monoisotopic (exact) mass is 387 g/mol. The fourth-order valence-corrected chi connectivity index (χ4v) is 3.09. The fourth-order valence-electron chi connectivity index (χ4n) is 2.97. The van der Waals surface area contributed by atoms with Crippen LogP contribution in [0, 0.1) is 0 Å². The standard InChI is InChI=1S/C20H22ClN3O3/c1-14(25)22-17-6-7-18(19(13-17)24-8-10-27-11-9-24)23-20(26)12-15-2-4-16(21)5-3-15/h2-7,13H,8-12H2,1H3,(H,22,25)(H,23,26). The van der Waals surface area contributed by atoms with Crippen molar-refractivity contribution in [2.45, 2.75) is 13.3 Å². The van der Waals surface area contributed by atoms with Gasteiger partial charge in [0.05, 0.1) is 31.0 Å². The molecule has 3 rings (SSSR count). The molecule has 1 saturated heterocycles. The number of benzene rings is 2. The second-order valence-corrected chi connectivity index (χ2v) is 6.80. The van der Waals surface area contributed by atoms with Gasteiger partial charge in [0, 0.05) is 30.7 Å². The number of nitrogens with zero attached hydrogens (tertiary/aromatic N) is 1. The molecule has 27 heavy (non-hydrogen) atoms. The molecule has 1 fully saturated rings. The maximum atomic E-state index is 12.5. The van der Waals surface area contributed by atoms with Gasteiger partial charge in [0.15, 0.2) is 0 Å². The van der Waals surface area contributed by atoms with E-state index in [9.17, 15) is 9.59 Å². The third-order valence-corrected chi connectivity index (χ3v) is 4.47. The van der Waals surface area contributed by atoms with Crippen LogP contribution in [0.25, 0.3) is 0 Å². The molecule has 1 aliphatic heterocycles. The molecule has 2 aromatic rings. The van der Waals surface area contributed by atoms with E-state index in [2.05, 4.69) is 15.5 Å². The van der Waals surface area contributed by atoms with E-state index in [1.54, 1.807) is 18.2 Å². The summed E-state index contributed by atoms with van der Waals surface area (Å²) in [5.74, 6) is -0.249. The molecule has 0 unspecified atom stereocenters. The van der Waals surface area contributed by atoms with Crippen molar-refractivity contribution in [3.63, 3.8) is 0 Å². The first-order chi connectivity index (χ1) is 13.0. The van der Waals surface area contributed by atoms with E-state index in [0.29, 0.717) is 29.6 Å². The Kier molecular flexibility index (Phi) is 6.32. The Morgan fingerprint density at radius 2 is 1.78 bits per heavy atom. The summed E-state index contributed by atoms with van der Waals surface area (Å²) in [6, 6.07) is 12.7. The Bertz CT molecular complexity index is 818. The van der Waals surface area contributed by atoms with Crippen LogP contribution in [0.3, 0.4) is 0 Å². The number of hydrogen-bond donors (Lipinski definition) is 2. The van der Waals surface area contributed by atoms with Crippen molar-refractivity contribution < 1.29 is 14.3 Å². The Morgan fingerprint density at radius 1 is 1.07 bits per heavy atom. The Labute approximate surface area is 163 Å². The fraction of sp³-hybridized carbons (Fsp3) is 0.300. The molecule has 142 valence electrons.